The Labute approximate surface area is 204 Å². The molecule has 2 heterocycles. The molecule has 10 nitrogen and oxygen atoms in total. The Morgan fingerprint density at radius 3 is 2.69 bits per heavy atom. The Bertz CT molecular complexity index is 1260. The molecule has 2 aliphatic rings. The van der Waals surface area contributed by atoms with Gasteiger partial charge in [-0.25, -0.2) is 8.42 Å². The zero-order valence-electron chi connectivity index (χ0n) is 20.1. The van der Waals surface area contributed by atoms with Crippen LogP contribution in [0.5, 0.6) is 17.2 Å². The normalized spacial score (nSPS) is 20.3. The molecule has 0 aliphatic carbocycles. The summed E-state index contributed by atoms with van der Waals surface area (Å²) in [7, 11) is -0.864. The fourth-order valence-corrected chi connectivity index (χ4v) is 6.02. The smallest absolute Gasteiger partial charge is 0.265 e. The summed E-state index contributed by atoms with van der Waals surface area (Å²) in [5.41, 5.74) is 1.41. The van der Waals surface area contributed by atoms with Gasteiger partial charge >= 0.3 is 0 Å². The van der Waals surface area contributed by atoms with E-state index in [1.54, 1.807) is 38.1 Å². The highest BCUT2D eigenvalue weighted by atomic mass is 32.2. The lowest BCUT2D eigenvalue weighted by Gasteiger charge is -2.32. The Balaban J connectivity index is 1.53. The largest absolute Gasteiger partial charge is 0.497 e. The van der Waals surface area contributed by atoms with E-state index in [0.29, 0.717) is 53.6 Å². The van der Waals surface area contributed by atoms with Crippen LogP contribution in [0.2, 0.25) is 0 Å². The van der Waals surface area contributed by atoms with Crippen molar-refractivity contribution in [2.45, 2.75) is 37.7 Å². The number of piperidine rings is 1. The summed E-state index contributed by atoms with van der Waals surface area (Å²) < 4.78 is 44.6. The number of methoxy groups -OCH3 is 2. The van der Waals surface area contributed by atoms with E-state index in [9.17, 15) is 18.0 Å². The van der Waals surface area contributed by atoms with Gasteiger partial charge in [-0.2, -0.15) is 4.31 Å². The molecule has 1 saturated heterocycles. The highest BCUT2D eigenvalue weighted by Gasteiger charge is 2.35. The van der Waals surface area contributed by atoms with Crippen molar-refractivity contribution in [1.29, 1.82) is 0 Å². The number of nitrogens with one attached hydrogen (secondary N) is 2. The number of amides is 2. The number of nitrogens with zero attached hydrogens (tertiary/aromatic N) is 1. The molecule has 2 atom stereocenters. The molecule has 0 spiro atoms. The molecule has 188 valence electrons. The molecule has 35 heavy (non-hydrogen) atoms. The molecular weight excluding hydrogens is 474 g/mol. The molecule has 2 aromatic rings. The van der Waals surface area contributed by atoms with Crippen molar-refractivity contribution in [1.82, 2.24) is 4.31 Å². The number of fused-ring (bicyclic) bond motifs is 1. The molecule has 1 fully saturated rings. The van der Waals surface area contributed by atoms with Crippen LogP contribution < -0.4 is 24.8 Å². The minimum Gasteiger partial charge on any atom is -0.497 e. The van der Waals surface area contributed by atoms with Crippen molar-refractivity contribution >= 4 is 33.2 Å². The Morgan fingerprint density at radius 1 is 1.20 bits per heavy atom. The number of hydrogen-bond acceptors (Lipinski definition) is 7. The van der Waals surface area contributed by atoms with E-state index in [-0.39, 0.29) is 23.3 Å². The number of carbonyl (C=O) groups is 2. The monoisotopic (exact) mass is 503 g/mol. The van der Waals surface area contributed by atoms with Gasteiger partial charge in [-0.3, -0.25) is 9.59 Å². The molecule has 2 aliphatic heterocycles. The number of anilines is 2. The maximum absolute atomic E-state index is 13.6. The third-order valence-corrected chi connectivity index (χ3v) is 8.25. The number of benzene rings is 2. The van der Waals surface area contributed by atoms with E-state index >= 15 is 0 Å². The number of ether oxygens (including phenoxy) is 3. The molecule has 2 amide bonds. The molecule has 0 saturated carbocycles. The molecule has 11 heteroatoms. The van der Waals surface area contributed by atoms with Crippen molar-refractivity contribution in [2.75, 3.05) is 37.9 Å². The fourth-order valence-electron chi connectivity index (χ4n) is 4.27. The molecular formula is C24H29N3O7S. The molecule has 0 bridgehead atoms. The molecule has 2 aromatic carbocycles. The lowest BCUT2D eigenvalue weighted by atomic mass is 9.98. The zero-order valence-corrected chi connectivity index (χ0v) is 20.9. The predicted octanol–water partition coefficient (Wildman–Crippen LogP) is 2.77. The van der Waals surface area contributed by atoms with Gasteiger partial charge in [-0.15, -0.1) is 0 Å². The Kier molecular flexibility index (Phi) is 6.91. The fraction of sp³-hybridized carbons (Fsp3) is 0.417. The second-order valence-corrected chi connectivity index (χ2v) is 10.5. The van der Waals surface area contributed by atoms with Crippen molar-refractivity contribution in [3.63, 3.8) is 0 Å². The number of hydrogen-bond donors (Lipinski definition) is 2. The summed E-state index contributed by atoms with van der Waals surface area (Å²) in [5.74, 6) is 0.247. The molecule has 0 radical (unpaired) electrons. The van der Waals surface area contributed by atoms with E-state index in [4.69, 9.17) is 14.2 Å². The van der Waals surface area contributed by atoms with Crippen molar-refractivity contribution in [2.24, 2.45) is 5.92 Å². The van der Waals surface area contributed by atoms with E-state index in [2.05, 4.69) is 10.6 Å². The SMILES string of the molecule is COc1ccc(NC(=O)C2CCCN(S(=O)(=O)c3cc4c(cc3C)NC(=O)C(C)O4)C2)c(OC)c1. The van der Waals surface area contributed by atoms with Crippen LogP contribution in [0, 0.1) is 12.8 Å². The quantitative estimate of drug-likeness (QED) is 0.621. The van der Waals surface area contributed by atoms with E-state index in [1.165, 1.54) is 24.6 Å². The highest BCUT2D eigenvalue weighted by molar-refractivity contribution is 7.89. The molecule has 0 aromatic heterocycles. The number of rotatable bonds is 6. The molecule has 4 rings (SSSR count). The summed E-state index contributed by atoms with van der Waals surface area (Å²) in [6.45, 7) is 3.62. The van der Waals surface area contributed by atoms with E-state index in [0.717, 1.165) is 0 Å². The van der Waals surface area contributed by atoms with Gasteiger partial charge in [-0.05, 0) is 50.5 Å². The maximum atomic E-state index is 13.6. The first-order chi connectivity index (χ1) is 16.6. The van der Waals surface area contributed by atoms with Crippen LogP contribution in [-0.4, -0.2) is 58.0 Å². The van der Waals surface area contributed by atoms with Crippen LogP contribution in [0.4, 0.5) is 11.4 Å². The third-order valence-electron chi connectivity index (χ3n) is 6.25. The predicted molar refractivity (Wildman–Crippen MR) is 130 cm³/mol. The average molecular weight is 504 g/mol. The van der Waals surface area contributed by atoms with Crippen LogP contribution in [0.1, 0.15) is 25.3 Å². The Morgan fingerprint density at radius 2 is 1.97 bits per heavy atom. The highest BCUT2D eigenvalue weighted by Crippen LogP contribution is 2.36. The van der Waals surface area contributed by atoms with Gasteiger partial charge in [0.25, 0.3) is 5.91 Å². The number of carbonyl (C=O) groups excluding carboxylic acids is 2. The van der Waals surface area contributed by atoms with Crippen LogP contribution in [-0.2, 0) is 19.6 Å². The van der Waals surface area contributed by atoms with Crippen LogP contribution in [0.3, 0.4) is 0 Å². The third kappa shape index (κ3) is 4.92. The van der Waals surface area contributed by atoms with Crippen LogP contribution >= 0.6 is 0 Å². The summed E-state index contributed by atoms with van der Waals surface area (Å²) in [6.07, 6.45) is 0.385. The van der Waals surface area contributed by atoms with Crippen molar-refractivity contribution in [3.8, 4) is 17.2 Å². The van der Waals surface area contributed by atoms with Gasteiger partial charge in [0.1, 0.15) is 17.2 Å². The van der Waals surface area contributed by atoms with Gasteiger partial charge in [-0.1, -0.05) is 0 Å². The van der Waals surface area contributed by atoms with Gasteiger partial charge < -0.3 is 24.8 Å². The van der Waals surface area contributed by atoms with Crippen LogP contribution in [0.15, 0.2) is 35.2 Å². The Hall–Kier alpha value is -3.31. The second kappa shape index (κ2) is 9.74. The summed E-state index contributed by atoms with van der Waals surface area (Å²) in [5, 5.41) is 5.58. The number of sulfonamides is 1. The number of aryl methyl sites for hydroxylation is 1. The summed E-state index contributed by atoms with van der Waals surface area (Å²) in [4.78, 5) is 25.0. The maximum Gasteiger partial charge on any atom is 0.265 e. The van der Waals surface area contributed by atoms with E-state index < -0.39 is 22.0 Å². The molecule has 2 unspecified atom stereocenters. The standard InChI is InChI=1S/C24H29N3O7S/c1-14-10-19-21(34-15(2)23(28)26-19)12-22(14)35(30,31)27-9-5-6-16(13-27)24(29)25-18-8-7-17(32-3)11-20(18)33-4/h7-8,10-12,15-16H,5-6,9,13H2,1-4H3,(H,25,29)(H,26,28). The minimum absolute atomic E-state index is 0.0527. The average Bonchev–Trinajstić information content (AvgIpc) is 2.85. The zero-order chi connectivity index (χ0) is 25.3. The van der Waals surface area contributed by atoms with Crippen LogP contribution in [0.25, 0.3) is 0 Å². The first-order valence-electron chi connectivity index (χ1n) is 11.3. The molecule has 2 N–H and O–H groups in total. The first-order valence-corrected chi connectivity index (χ1v) is 12.7. The van der Waals surface area contributed by atoms with Crippen molar-refractivity contribution in [3.05, 3.63) is 35.9 Å². The second-order valence-electron chi connectivity index (χ2n) is 8.62. The van der Waals surface area contributed by atoms with Crippen molar-refractivity contribution < 1.29 is 32.2 Å². The first kappa shape index (κ1) is 24.8. The minimum atomic E-state index is -3.90. The lowest BCUT2D eigenvalue weighted by Crippen LogP contribution is -2.44. The lowest BCUT2D eigenvalue weighted by molar-refractivity contribution is -0.123. The topological polar surface area (TPSA) is 123 Å². The van der Waals surface area contributed by atoms with E-state index in [1.807, 2.05) is 0 Å². The van der Waals surface area contributed by atoms with Gasteiger partial charge in [0.05, 0.1) is 36.4 Å². The summed E-state index contributed by atoms with van der Waals surface area (Å²) in [6, 6.07) is 8.10. The summed E-state index contributed by atoms with van der Waals surface area (Å²) >= 11 is 0. The van der Waals surface area contributed by atoms with Gasteiger partial charge in [0.2, 0.25) is 15.9 Å². The van der Waals surface area contributed by atoms with Gasteiger partial charge in [0, 0.05) is 25.2 Å². The van der Waals surface area contributed by atoms with Gasteiger partial charge in [0.15, 0.2) is 6.10 Å².